The van der Waals surface area contributed by atoms with Gasteiger partial charge in [-0.2, -0.15) is 0 Å². The van der Waals surface area contributed by atoms with Crippen LogP contribution in [-0.4, -0.2) is 12.5 Å². The summed E-state index contributed by atoms with van der Waals surface area (Å²) in [4.78, 5) is 10.1. The normalized spacial score (nSPS) is 20.6. The van der Waals surface area contributed by atoms with Crippen LogP contribution in [0.2, 0.25) is 0 Å². The van der Waals surface area contributed by atoms with E-state index < -0.39 is 0 Å². The van der Waals surface area contributed by atoms with Gasteiger partial charge in [0.05, 0.1) is 0 Å². The molecule has 16 heavy (non-hydrogen) atoms. The zero-order chi connectivity index (χ0) is 12.8. The summed E-state index contributed by atoms with van der Waals surface area (Å²) in [6.07, 6.45) is 5.58. The minimum Gasteiger partial charge on any atom is -0.356 e. The minimum absolute atomic E-state index is 0.445. The molecule has 1 N–H and O–H groups in total. The van der Waals surface area contributed by atoms with Gasteiger partial charge in [0.1, 0.15) is 0 Å². The summed E-state index contributed by atoms with van der Waals surface area (Å²) >= 11 is 0. The van der Waals surface area contributed by atoms with Crippen molar-refractivity contribution in [1.29, 1.82) is 0 Å². The molecule has 1 fully saturated rings. The molecule has 0 aromatic carbocycles. The van der Waals surface area contributed by atoms with Crippen molar-refractivity contribution in [2.24, 2.45) is 10.8 Å². The lowest BCUT2D eigenvalue weighted by atomic mass is 9.76. The Morgan fingerprint density at radius 3 is 1.81 bits per heavy atom. The molecule has 0 spiro atoms. The molecule has 0 bridgehead atoms. The van der Waals surface area contributed by atoms with Crippen LogP contribution in [0.15, 0.2) is 0 Å². The van der Waals surface area contributed by atoms with E-state index in [-0.39, 0.29) is 0 Å². The fourth-order valence-electron chi connectivity index (χ4n) is 1.66. The van der Waals surface area contributed by atoms with Crippen molar-refractivity contribution in [3.05, 3.63) is 0 Å². The lowest BCUT2D eigenvalue weighted by molar-refractivity contribution is -0.110. The lowest BCUT2D eigenvalue weighted by Gasteiger charge is -2.33. The standard InChI is InChI=1S/C9H17NO.C5H12/c1-9(2)5-3-8(4-6-9)10-7-11;1-5(2,3)4/h7-8H,3-6H2,1-2H3,(H,10,11);1-4H3. The Balaban J connectivity index is 0.000000385. The van der Waals surface area contributed by atoms with Crippen LogP contribution in [0.3, 0.4) is 0 Å². The maximum Gasteiger partial charge on any atom is 0.207 e. The van der Waals surface area contributed by atoms with E-state index in [0.717, 1.165) is 19.3 Å². The number of amides is 1. The molecule has 1 rings (SSSR count). The Kier molecular flexibility index (Phi) is 6.06. The van der Waals surface area contributed by atoms with Crippen LogP contribution in [0.1, 0.15) is 67.2 Å². The van der Waals surface area contributed by atoms with Gasteiger partial charge in [0, 0.05) is 6.04 Å². The van der Waals surface area contributed by atoms with Crippen LogP contribution < -0.4 is 5.32 Å². The van der Waals surface area contributed by atoms with Gasteiger partial charge in [0.2, 0.25) is 6.41 Å². The average Bonchev–Trinajstić information content (AvgIpc) is 2.06. The predicted octanol–water partition coefficient (Wildman–Crippen LogP) is 3.75. The molecule has 0 heterocycles. The smallest absolute Gasteiger partial charge is 0.207 e. The topological polar surface area (TPSA) is 29.1 Å². The molecule has 0 aromatic heterocycles. The van der Waals surface area contributed by atoms with Crippen LogP contribution >= 0.6 is 0 Å². The molecule has 2 nitrogen and oxygen atoms in total. The first-order valence-corrected chi connectivity index (χ1v) is 6.34. The van der Waals surface area contributed by atoms with Crippen molar-refractivity contribution in [3.8, 4) is 0 Å². The minimum atomic E-state index is 0.445. The summed E-state index contributed by atoms with van der Waals surface area (Å²) in [5.74, 6) is 0. The van der Waals surface area contributed by atoms with E-state index in [1.54, 1.807) is 0 Å². The van der Waals surface area contributed by atoms with Gasteiger partial charge in [-0.15, -0.1) is 0 Å². The fourth-order valence-corrected chi connectivity index (χ4v) is 1.66. The predicted molar refractivity (Wildman–Crippen MR) is 70.4 cm³/mol. The van der Waals surface area contributed by atoms with Crippen molar-refractivity contribution in [3.63, 3.8) is 0 Å². The summed E-state index contributed by atoms with van der Waals surface area (Å²) in [7, 11) is 0. The molecule has 1 amide bonds. The van der Waals surface area contributed by atoms with E-state index in [1.165, 1.54) is 12.8 Å². The number of nitrogens with one attached hydrogen (secondary N) is 1. The van der Waals surface area contributed by atoms with Crippen LogP contribution in [0.25, 0.3) is 0 Å². The van der Waals surface area contributed by atoms with Crippen LogP contribution in [0.4, 0.5) is 0 Å². The molecule has 0 saturated heterocycles. The summed E-state index contributed by atoms with van der Waals surface area (Å²) in [5, 5.41) is 2.84. The third kappa shape index (κ3) is 10.0. The van der Waals surface area contributed by atoms with E-state index in [0.29, 0.717) is 16.9 Å². The van der Waals surface area contributed by atoms with E-state index in [1.807, 2.05) is 0 Å². The summed E-state index contributed by atoms with van der Waals surface area (Å²) < 4.78 is 0. The number of carbonyl (C=O) groups is 1. The summed E-state index contributed by atoms with van der Waals surface area (Å²) in [6, 6.07) is 0.445. The molecule has 0 atom stereocenters. The van der Waals surface area contributed by atoms with Crippen LogP contribution in [0, 0.1) is 10.8 Å². The van der Waals surface area contributed by atoms with Gasteiger partial charge in [-0.1, -0.05) is 41.5 Å². The molecule has 0 unspecified atom stereocenters. The van der Waals surface area contributed by atoms with Crippen molar-refractivity contribution in [1.82, 2.24) is 5.32 Å². The SMILES string of the molecule is CC(C)(C)C.CC1(C)CCC(NC=O)CC1. The number of carbonyl (C=O) groups excluding carboxylic acids is 1. The van der Waals surface area contributed by atoms with Gasteiger partial charge in [0.25, 0.3) is 0 Å². The second-order valence-corrected chi connectivity index (χ2v) is 7.22. The van der Waals surface area contributed by atoms with Crippen molar-refractivity contribution < 1.29 is 4.79 Å². The Morgan fingerprint density at radius 2 is 1.50 bits per heavy atom. The lowest BCUT2D eigenvalue weighted by Crippen LogP contribution is -2.34. The first-order chi connectivity index (χ1) is 7.14. The quantitative estimate of drug-likeness (QED) is 0.715. The maximum absolute atomic E-state index is 10.1. The number of hydrogen-bond acceptors (Lipinski definition) is 1. The molecular weight excluding hydrogens is 198 g/mol. The molecule has 0 aromatic rings. The first-order valence-electron chi connectivity index (χ1n) is 6.34. The molecule has 0 aliphatic heterocycles. The number of rotatable bonds is 2. The largest absolute Gasteiger partial charge is 0.356 e. The second-order valence-electron chi connectivity index (χ2n) is 7.22. The molecule has 0 radical (unpaired) electrons. The molecule has 1 aliphatic carbocycles. The van der Waals surface area contributed by atoms with E-state index >= 15 is 0 Å². The van der Waals surface area contributed by atoms with Crippen molar-refractivity contribution in [2.45, 2.75) is 73.3 Å². The first kappa shape index (κ1) is 15.5. The van der Waals surface area contributed by atoms with Crippen molar-refractivity contribution in [2.75, 3.05) is 0 Å². The summed E-state index contributed by atoms with van der Waals surface area (Å²) in [6.45, 7) is 13.3. The Bertz CT molecular complexity index is 187. The highest BCUT2D eigenvalue weighted by molar-refractivity contribution is 5.46. The number of hydrogen-bond donors (Lipinski definition) is 1. The fraction of sp³-hybridized carbons (Fsp3) is 0.929. The Hall–Kier alpha value is -0.530. The van der Waals surface area contributed by atoms with E-state index in [9.17, 15) is 4.79 Å². The molecular formula is C14H29NO. The van der Waals surface area contributed by atoms with Gasteiger partial charge in [-0.3, -0.25) is 4.79 Å². The molecule has 96 valence electrons. The van der Waals surface area contributed by atoms with Crippen LogP contribution in [-0.2, 0) is 4.79 Å². The van der Waals surface area contributed by atoms with E-state index in [2.05, 4.69) is 46.9 Å². The third-order valence-electron chi connectivity index (χ3n) is 2.64. The monoisotopic (exact) mass is 227 g/mol. The molecule has 1 aliphatic rings. The van der Waals surface area contributed by atoms with Crippen molar-refractivity contribution >= 4 is 6.41 Å². The zero-order valence-corrected chi connectivity index (χ0v) is 11.9. The second kappa shape index (κ2) is 6.27. The summed E-state index contributed by atoms with van der Waals surface area (Å²) in [5.41, 5.74) is 1.00. The van der Waals surface area contributed by atoms with Crippen LogP contribution in [0.5, 0.6) is 0 Å². The highest BCUT2D eigenvalue weighted by Crippen LogP contribution is 2.34. The van der Waals surface area contributed by atoms with Gasteiger partial charge < -0.3 is 5.32 Å². The Labute approximate surface area is 101 Å². The van der Waals surface area contributed by atoms with Gasteiger partial charge in [-0.05, 0) is 36.5 Å². The van der Waals surface area contributed by atoms with E-state index in [4.69, 9.17) is 0 Å². The average molecular weight is 227 g/mol. The molecule has 2 heteroatoms. The third-order valence-corrected chi connectivity index (χ3v) is 2.64. The van der Waals surface area contributed by atoms with Gasteiger partial charge in [-0.25, -0.2) is 0 Å². The Morgan fingerprint density at radius 1 is 1.12 bits per heavy atom. The zero-order valence-electron chi connectivity index (χ0n) is 11.9. The highest BCUT2D eigenvalue weighted by Gasteiger charge is 2.26. The van der Waals surface area contributed by atoms with Gasteiger partial charge >= 0.3 is 0 Å². The van der Waals surface area contributed by atoms with Gasteiger partial charge in [0.15, 0.2) is 0 Å². The maximum atomic E-state index is 10.1. The molecule has 1 saturated carbocycles. The highest BCUT2D eigenvalue weighted by atomic mass is 16.1.